The smallest absolute Gasteiger partial charge is 0.342 e. The minimum atomic E-state index is -0.692. The Morgan fingerprint density at radius 2 is 1.03 bits per heavy atom. The molecule has 170 valence electrons. The minimum absolute atomic E-state index is 0.0945. The van der Waals surface area contributed by atoms with Gasteiger partial charge in [-0.05, 0) is 24.3 Å². The monoisotopic (exact) mass is 444 g/mol. The van der Waals surface area contributed by atoms with Crippen LogP contribution in [0.3, 0.4) is 0 Å². The fourth-order valence-electron chi connectivity index (χ4n) is 2.55. The molecule has 2 rings (SSSR count). The normalized spacial score (nSPS) is 9.94. The van der Waals surface area contributed by atoms with E-state index in [1.807, 2.05) is 0 Å². The Morgan fingerprint density at radius 1 is 0.656 bits per heavy atom. The number of methoxy groups -OCH3 is 2. The minimum Gasteiger partial charge on any atom is -0.496 e. The van der Waals surface area contributed by atoms with Gasteiger partial charge in [0, 0.05) is 13.1 Å². The summed E-state index contributed by atoms with van der Waals surface area (Å²) in [6, 6.07) is 13.0. The largest absolute Gasteiger partial charge is 0.496 e. The molecule has 2 amide bonds. The van der Waals surface area contributed by atoms with Crippen LogP contribution in [0.25, 0.3) is 0 Å². The van der Waals surface area contributed by atoms with Gasteiger partial charge < -0.3 is 29.6 Å². The molecule has 10 heteroatoms. The van der Waals surface area contributed by atoms with E-state index in [9.17, 15) is 19.2 Å². The number of hydrogen-bond donors (Lipinski definition) is 2. The van der Waals surface area contributed by atoms with E-state index in [4.69, 9.17) is 18.9 Å². The summed E-state index contributed by atoms with van der Waals surface area (Å²) in [6.07, 6.45) is 0. The van der Waals surface area contributed by atoms with Gasteiger partial charge in [-0.3, -0.25) is 9.59 Å². The Bertz CT molecular complexity index is 883. The van der Waals surface area contributed by atoms with Crippen molar-refractivity contribution in [2.75, 3.05) is 40.5 Å². The maximum Gasteiger partial charge on any atom is 0.342 e. The fraction of sp³-hybridized carbons (Fsp3) is 0.273. The van der Waals surface area contributed by atoms with Crippen LogP contribution in [-0.4, -0.2) is 64.3 Å². The molecular formula is C22H24N2O8. The molecule has 0 unspecified atom stereocenters. The second-order valence-corrected chi connectivity index (χ2v) is 6.25. The lowest BCUT2D eigenvalue weighted by Gasteiger charge is -2.10. The van der Waals surface area contributed by atoms with Crippen molar-refractivity contribution in [3.05, 3.63) is 59.7 Å². The molecule has 0 bridgehead atoms. The highest BCUT2D eigenvalue weighted by atomic mass is 16.5. The molecule has 0 saturated carbocycles. The van der Waals surface area contributed by atoms with Crippen LogP contribution >= 0.6 is 0 Å². The summed E-state index contributed by atoms with van der Waals surface area (Å²) < 4.78 is 20.0. The molecule has 0 atom stereocenters. The van der Waals surface area contributed by atoms with E-state index in [0.717, 1.165) is 0 Å². The Balaban J connectivity index is 1.63. The van der Waals surface area contributed by atoms with Crippen LogP contribution in [0.5, 0.6) is 11.5 Å². The molecule has 32 heavy (non-hydrogen) atoms. The first-order valence-electron chi connectivity index (χ1n) is 9.60. The third-order valence-electron chi connectivity index (χ3n) is 4.09. The molecule has 0 aliphatic carbocycles. The number of esters is 2. The van der Waals surface area contributed by atoms with Crippen LogP contribution in [0.1, 0.15) is 20.7 Å². The molecule has 0 aliphatic rings. The van der Waals surface area contributed by atoms with Gasteiger partial charge in [0.25, 0.3) is 11.8 Å². The number of amides is 2. The van der Waals surface area contributed by atoms with Gasteiger partial charge in [-0.1, -0.05) is 24.3 Å². The highest BCUT2D eigenvalue weighted by molar-refractivity contribution is 5.94. The molecule has 0 spiro atoms. The Labute approximate surface area is 184 Å². The van der Waals surface area contributed by atoms with Crippen LogP contribution < -0.4 is 20.1 Å². The summed E-state index contributed by atoms with van der Waals surface area (Å²) in [5.41, 5.74) is 0.412. The fourth-order valence-corrected chi connectivity index (χ4v) is 2.55. The van der Waals surface area contributed by atoms with E-state index in [2.05, 4.69) is 10.6 Å². The van der Waals surface area contributed by atoms with Gasteiger partial charge in [0.05, 0.1) is 14.2 Å². The van der Waals surface area contributed by atoms with Crippen LogP contribution in [0.4, 0.5) is 0 Å². The first-order chi connectivity index (χ1) is 15.5. The summed E-state index contributed by atoms with van der Waals surface area (Å²) in [6.45, 7) is -0.781. The molecule has 0 radical (unpaired) electrons. The van der Waals surface area contributed by atoms with Crippen molar-refractivity contribution in [2.24, 2.45) is 0 Å². The number of para-hydroxylation sites is 2. The van der Waals surface area contributed by atoms with E-state index in [1.54, 1.807) is 36.4 Å². The van der Waals surface area contributed by atoms with Crippen molar-refractivity contribution in [1.29, 1.82) is 0 Å². The zero-order valence-corrected chi connectivity index (χ0v) is 17.7. The van der Waals surface area contributed by atoms with E-state index in [1.165, 1.54) is 26.4 Å². The average molecular weight is 444 g/mol. The highest BCUT2D eigenvalue weighted by Crippen LogP contribution is 2.18. The predicted octanol–water partition coefficient (Wildman–Crippen LogP) is 0.950. The van der Waals surface area contributed by atoms with Gasteiger partial charge in [0.2, 0.25) is 0 Å². The van der Waals surface area contributed by atoms with Crippen molar-refractivity contribution in [3.63, 3.8) is 0 Å². The summed E-state index contributed by atoms with van der Waals surface area (Å²) in [4.78, 5) is 47.7. The van der Waals surface area contributed by atoms with Crippen LogP contribution in [0, 0.1) is 0 Å². The quantitative estimate of drug-likeness (QED) is 0.387. The molecule has 0 aliphatic heterocycles. The maximum atomic E-state index is 12.0. The number of rotatable bonds is 11. The zero-order chi connectivity index (χ0) is 23.3. The first-order valence-corrected chi connectivity index (χ1v) is 9.60. The lowest BCUT2D eigenvalue weighted by atomic mass is 10.2. The van der Waals surface area contributed by atoms with Crippen molar-refractivity contribution in [2.45, 2.75) is 0 Å². The van der Waals surface area contributed by atoms with E-state index in [-0.39, 0.29) is 24.2 Å². The third-order valence-corrected chi connectivity index (χ3v) is 4.09. The number of carbonyl (C=O) groups is 4. The molecule has 2 aromatic rings. The summed E-state index contributed by atoms with van der Waals surface area (Å²) in [7, 11) is 2.85. The molecule has 2 aromatic carbocycles. The van der Waals surface area contributed by atoms with Crippen molar-refractivity contribution in [3.8, 4) is 11.5 Å². The van der Waals surface area contributed by atoms with E-state index < -0.39 is 37.0 Å². The van der Waals surface area contributed by atoms with Gasteiger partial charge >= 0.3 is 11.9 Å². The van der Waals surface area contributed by atoms with Gasteiger partial charge in [0.1, 0.15) is 22.6 Å². The van der Waals surface area contributed by atoms with Gasteiger partial charge in [-0.2, -0.15) is 0 Å². The lowest BCUT2D eigenvalue weighted by Crippen LogP contribution is -2.38. The number of nitrogens with one attached hydrogen (secondary N) is 2. The average Bonchev–Trinajstić information content (AvgIpc) is 2.83. The van der Waals surface area contributed by atoms with Crippen LogP contribution in [0.15, 0.2) is 48.5 Å². The number of benzene rings is 2. The second-order valence-electron chi connectivity index (χ2n) is 6.25. The summed E-state index contributed by atoms with van der Waals surface area (Å²) in [5, 5.41) is 4.99. The molecule has 0 heterocycles. The predicted molar refractivity (Wildman–Crippen MR) is 113 cm³/mol. The van der Waals surface area contributed by atoms with Crippen LogP contribution in [-0.2, 0) is 19.1 Å². The summed E-state index contributed by atoms with van der Waals surface area (Å²) >= 11 is 0. The van der Waals surface area contributed by atoms with Gasteiger partial charge in [-0.25, -0.2) is 9.59 Å². The molecule has 0 fully saturated rings. The van der Waals surface area contributed by atoms with Crippen molar-refractivity contribution >= 4 is 23.8 Å². The molecule has 0 aromatic heterocycles. The van der Waals surface area contributed by atoms with Crippen molar-refractivity contribution in [1.82, 2.24) is 10.6 Å². The number of ether oxygens (including phenoxy) is 4. The molecule has 2 N–H and O–H groups in total. The zero-order valence-electron chi connectivity index (χ0n) is 17.7. The molecule has 0 saturated heterocycles. The van der Waals surface area contributed by atoms with Crippen molar-refractivity contribution < 1.29 is 38.1 Å². The summed E-state index contributed by atoms with van der Waals surface area (Å²) in [5.74, 6) is -1.78. The number of hydrogen-bond acceptors (Lipinski definition) is 8. The van der Waals surface area contributed by atoms with Crippen LogP contribution in [0.2, 0.25) is 0 Å². The maximum absolute atomic E-state index is 12.0. The lowest BCUT2D eigenvalue weighted by molar-refractivity contribution is -0.125. The first kappa shape index (κ1) is 24.2. The van der Waals surface area contributed by atoms with E-state index >= 15 is 0 Å². The van der Waals surface area contributed by atoms with Gasteiger partial charge in [-0.15, -0.1) is 0 Å². The van der Waals surface area contributed by atoms with E-state index in [0.29, 0.717) is 11.5 Å². The van der Waals surface area contributed by atoms with Gasteiger partial charge in [0.15, 0.2) is 13.2 Å². The number of carbonyl (C=O) groups excluding carboxylic acids is 4. The molecule has 10 nitrogen and oxygen atoms in total. The topological polar surface area (TPSA) is 129 Å². The SMILES string of the molecule is COc1ccccc1C(=O)OCC(=O)NCCNC(=O)COC(=O)c1ccccc1OC. The Morgan fingerprint density at radius 3 is 1.41 bits per heavy atom. The molecular weight excluding hydrogens is 420 g/mol. The standard InChI is InChI=1S/C22H24N2O8/c1-29-17-9-5-3-7-15(17)21(27)31-13-19(25)23-11-12-24-20(26)14-32-22(28)16-8-4-6-10-18(16)30-2/h3-10H,11-14H2,1-2H3,(H,23,25)(H,24,26). The highest BCUT2D eigenvalue weighted by Gasteiger charge is 2.16. The Hall–Kier alpha value is -4.08. The Kier molecular flexibility index (Phi) is 9.51. The second kappa shape index (κ2) is 12.6. The third kappa shape index (κ3) is 7.31.